The Morgan fingerprint density at radius 2 is 1.64 bits per heavy atom. The molecule has 0 aliphatic heterocycles. The number of hydrogen-bond acceptors (Lipinski definition) is 3. The molecule has 1 aliphatic carbocycles. The minimum atomic E-state index is 0.164. The van der Waals surface area contributed by atoms with Crippen LogP contribution in [0.4, 0.5) is 0 Å². The lowest BCUT2D eigenvalue weighted by atomic mass is 9.96. The molecule has 0 radical (unpaired) electrons. The lowest BCUT2D eigenvalue weighted by molar-refractivity contribution is -0.121. The Bertz CT molecular complexity index is 522. The maximum atomic E-state index is 12.3. The number of benzene rings is 1. The highest BCUT2D eigenvalue weighted by Gasteiger charge is 2.14. The third-order valence-electron chi connectivity index (χ3n) is 4.72. The fourth-order valence-corrected chi connectivity index (χ4v) is 3.41. The molecule has 1 N–H and O–H groups in total. The second-order valence-corrected chi connectivity index (χ2v) is 6.76. The first-order chi connectivity index (χ1) is 12.2. The molecule has 0 heterocycles. The average molecular weight is 347 g/mol. The number of hydrogen-bond donors (Lipinski definition) is 1. The number of carbonyl (C=O) groups excluding carboxylic acids is 1. The van der Waals surface area contributed by atoms with Gasteiger partial charge in [0.2, 0.25) is 5.91 Å². The van der Waals surface area contributed by atoms with Gasteiger partial charge in [-0.25, -0.2) is 0 Å². The van der Waals surface area contributed by atoms with Crippen molar-refractivity contribution in [2.45, 2.75) is 77.7 Å². The lowest BCUT2D eigenvalue weighted by Gasteiger charge is -2.21. The maximum absolute atomic E-state index is 12.3. The molecule has 1 aliphatic rings. The number of aryl methyl sites for hydroxylation is 1. The van der Waals surface area contributed by atoms with E-state index in [1.165, 1.54) is 32.1 Å². The Kier molecular flexibility index (Phi) is 8.64. The second-order valence-electron chi connectivity index (χ2n) is 6.76. The molecular weight excluding hydrogens is 314 g/mol. The summed E-state index contributed by atoms with van der Waals surface area (Å²) in [6, 6.07) is 6.33. The number of rotatable bonds is 8. The van der Waals surface area contributed by atoms with Gasteiger partial charge in [0.15, 0.2) is 11.5 Å². The molecule has 1 amide bonds. The molecule has 0 bridgehead atoms. The number of carbonyl (C=O) groups is 1. The van der Waals surface area contributed by atoms with Crippen molar-refractivity contribution in [2.75, 3.05) is 13.2 Å². The molecular formula is C21H33NO3. The molecule has 1 saturated carbocycles. The monoisotopic (exact) mass is 347 g/mol. The van der Waals surface area contributed by atoms with Crippen LogP contribution < -0.4 is 14.8 Å². The SMILES string of the molecule is CCOc1ccc(CCC(=O)NC2CCCCCCC2)cc1OCC. The summed E-state index contributed by atoms with van der Waals surface area (Å²) in [4.78, 5) is 12.3. The van der Waals surface area contributed by atoms with Crippen molar-refractivity contribution in [3.63, 3.8) is 0 Å². The first kappa shape index (κ1) is 19.6. The van der Waals surface area contributed by atoms with E-state index in [0.29, 0.717) is 25.7 Å². The topological polar surface area (TPSA) is 47.6 Å². The van der Waals surface area contributed by atoms with Gasteiger partial charge in [-0.3, -0.25) is 4.79 Å². The first-order valence-corrected chi connectivity index (χ1v) is 9.90. The molecule has 0 spiro atoms. The highest BCUT2D eigenvalue weighted by atomic mass is 16.5. The van der Waals surface area contributed by atoms with E-state index in [2.05, 4.69) is 5.32 Å². The largest absolute Gasteiger partial charge is 0.490 e. The van der Waals surface area contributed by atoms with Gasteiger partial charge in [0.25, 0.3) is 0 Å². The van der Waals surface area contributed by atoms with Crippen LogP contribution in [0.5, 0.6) is 11.5 Å². The molecule has 1 fully saturated rings. The van der Waals surface area contributed by atoms with Crippen LogP contribution >= 0.6 is 0 Å². The van der Waals surface area contributed by atoms with Crippen LogP contribution in [0, 0.1) is 0 Å². The van der Waals surface area contributed by atoms with Gasteiger partial charge < -0.3 is 14.8 Å². The maximum Gasteiger partial charge on any atom is 0.220 e. The summed E-state index contributed by atoms with van der Waals surface area (Å²) < 4.78 is 11.2. The molecule has 1 aromatic rings. The minimum absolute atomic E-state index is 0.164. The van der Waals surface area contributed by atoms with Crippen molar-refractivity contribution in [1.29, 1.82) is 0 Å². The molecule has 0 saturated heterocycles. The molecule has 140 valence electrons. The van der Waals surface area contributed by atoms with Crippen LogP contribution in [0.1, 0.15) is 70.8 Å². The van der Waals surface area contributed by atoms with Gasteiger partial charge in [-0.15, -0.1) is 0 Å². The highest BCUT2D eigenvalue weighted by molar-refractivity contribution is 5.76. The fraction of sp³-hybridized carbons (Fsp3) is 0.667. The van der Waals surface area contributed by atoms with Crippen molar-refractivity contribution < 1.29 is 14.3 Å². The summed E-state index contributed by atoms with van der Waals surface area (Å²) in [5.74, 6) is 1.70. The van der Waals surface area contributed by atoms with Crippen LogP contribution in [-0.2, 0) is 11.2 Å². The van der Waals surface area contributed by atoms with E-state index in [0.717, 1.165) is 36.3 Å². The smallest absolute Gasteiger partial charge is 0.220 e. The lowest BCUT2D eigenvalue weighted by Crippen LogP contribution is -2.35. The van der Waals surface area contributed by atoms with Crippen LogP contribution in [0.2, 0.25) is 0 Å². The number of nitrogens with one attached hydrogen (secondary N) is 1. The summed E-state index contributed by atoms with van der Waals surface area (Å²) in [5.41, 5.74) is 1.11. The Morgan fingerprint density at radius 3 is 2.32 bits per heavy atom. The number of ether oxygens (including phenoxy) is 2. The second kappa shape index (κ2) is 11.0. The predicted octanol–water partition coefficient (Wildman–Crippen LogP) is 4.65. The van der Waals surface area contributed by atoms with Crippen LogP contribution in [0.3, 0.4) is 0 Å². The summed E-state index contributed by atoms with van der Waals surface area (Å²) in [7, 11) is 0. The highest BCUT2D eigenvalue weighted by Crippen LogP contribution is 2.29. The Morgan fingerprint density at radius 1 is 1.00 bits per heavy atom. The van der Waals surface area contributed by atoms with Gasteiger partial charge in [-0.05, 0) is 50.8 Å². The summed E-state index contributed by atoms with van der Waals surface area (Å²) in [6.07, 6.45) is 9.94. The zero-order chi connectivity index (χ0) is 17.9. The number of amides is 1. The zero-order valence-corrected chi connectivity index (χ0v) is 15.8. The van der Waals surface area contributed by atoms with Crippen molar-refractivity contribution in [3.8, 4) is 11.5 Å². The third kappa shape index (κ3) is 6.97. The molecule has 2 rings (SSSR count). The molecule has 0 unspecified atom stereocenters. The van der Waals surface area contributed by atoms with Gasteiger partial charge >= 0.3 is 0 Å². The summed E-state index contributed by atoms with van der Waals surface area (Å²) in [6.45, 7) is 5.14. The van der Waals surface area contributed by atoms with E-state index in [1.807, 2.05) is 32.0 Å². The van der Waals surface area contributed by atoms with Gasteiger partial charge in [-0.2, -0.15) is 0 Å². The van der Waals surface area contributed by atoms with Crippen LogP contribution in [0.15, 0.2) is 18.2 Å². The van der Waals surface area contributed by atoms with Crippen LogP contribution in [-0.4, -0.2) is 25.2 Å². The van der Waals surface area contributed by atoms with Crippen molar-refractivity contribution in [3.05, 3.63) is 23.8 Å². The van der Waals surface area contributed by atoms with E-state index in [-0.39, 0.29) is 5.91 Å². The van der Waals surface area contributed by atoms with Crippen LogP contribution in [0.25, 0.3) is 0 Å². The van der Waals surface area contributed by atoms with Crippen molar-refractivity contribution in [2.24, 2.45) is 0 Å². The minimum Gasteiger partial charge on any atom is -0.490 e. The van der Waals surface area contributed by atoms with E-state index in [1.54, 1.807) is 0 Å². The standard InChI is InChI=1S/C21H33NO3/c1-3-24-19-14-12-17(16-20(19)25-4-2)13-15-21(23)22-18-10-8-6-5-7-9-11-18/h12,14,16,18H,3-11,13,15H2,1-2H3,(H,22,23). The molecule has 4 heteroatoms. The molecule has 25 heavy (non-hydrogen) atoms. The summed E-state index contributed by atoms with van der Waals surface area (Å²) >= 11 is 0. The Balaban J connectivity index is 1.84. The van der Waals surface area contributed by atoms with Gasteiger partial charge in [0.1, 0.15) is 0 Å². The average Bonchev–Trinajstić information content (AvgIpc) is 2.58. The summed E-state index contributed by atoms with van der Waals surface area (Å²) in [5, 5.41) is 3.23. The normalized spacial score (nSPS) is 15.9. The van der Waals surface area contributed by atoms with E-state index in [4.69, 9.17) is 9.47 Å². The van der Waals surface area contributed by atoms with Crippen molar-refractivity contribution >= 4 is 5.91 Å². The third-order valence-corrected chi connectivity index (χ3v) is 4.72. The van der Waals surface area contributed by atoms with Gasteiger partial charge in [0.05, 0.1) is 13.2 Å². The van der Waals surface area contributed by atoms with E-state index >= 15 is 0 Å². The predicted molar refractivity (Wildman–Crippen MR) is 101 cm³/mol. The van der Waals surface area contributed by atoms with E-state index in [9.17, 15) is 4.79 Å². The fourth-order valence-electron chi connectivity index (χ4n) is 3.41. The Hall–Kier alpha value is -1.71. The van der Waals surface area contributed by atoms with E-state index < -0.39 is 0 Å². The molecule has 1 aromatic carbocycles. The molecule has 4 nitrogen and oxygen atoms in total. The zero-order valence-electron chi connectivity index (χ0n) is 15.8. The van der Waals surface area contributed by atoms with Crippen molar-refractivity contribution in [1.82, 2.24) is 5.32 Å². The Labute approximate surface area is 152 Å². The molecule has 0 aromatic heterocycles. The van der Waals surface area contributed by atoms with Gasteiger partial charge in [-0.1, -0.05) is 38.2 Å². The van der Waals surface area contributed by atoms with Gasteiger partial charge in [0, 0.05) is 12.5 Å². The quantitative estimate of drug-likeness (QED) is 0.745. The first-order valence-electron chi connectivity index (χ1n) is 9.90. The molecule has 0 atom stereocenters.